The summed E-state index contributed by atoms with van der Waals surface area (Å²) >= 11 is 0. The number of piperazine rings is 1. The van der Waals surface area contributed by atoms with Gasteiger partial charge in [-0.25, -0.2) is 4.79 Å². The average molecular weight is 242 g/mol. The number of amides is 1. The van der Waals surface area contributed by atoms with E-state index in [1.807, 2.05) is 27.8 Å². The number of hydrogen-bond acceptors (Lipinski definition) is 4. The normalized spacial score (nSPS) is 33.2. The summed E-state index contributed by atoms with van der Waals surface area (Å²) in [6.07, 6.45) is 0.588. The molecule has 2 atom stereocenters. The van der Waals surface area contributed by atoms with Crippen LogP contribution in [0.25, 0.3) is 0 Å². The number of likely N-dealkylation sites (tertiary alicyclic amines) is 2. The molecule has 0 radical (unpaired) electrons. The second-order valence-corrected chi connectivity index (χ2v) is 6.23. The van der Waals surface area contributed by atoms with Crippen molar-refractivity contribution in [3.63, 3.8) is 0 Å². The van der Waals surface area contributed by atoms with Gasteiger partial charge in [0.15, 0.2) is 0 Å². The smallest absolute Gasteiger partial charge is 0.410 e. The number of carbonyl (C=O) groups excluding carboxylic acids is 1. The molecule has 0 saturated carbocycles. The highest BCUT2D eigenvalue weighted by atomic mass is 16.6. The summed E-state index contributed by atoms with van der Waals surface area (Å²) in [5, 5.41) is 9.53. The number of rotatable bonds is 1. The van der Waals surface area contributed by atoms with E-state index in [2.05, 4.69) is 4.90 Å². The second kappa shape index (κ2) is 3.85. The van der Waals surface area contributed by atoms with Crippen LogP contribution < -0.4 is 0 Å². The highest BCUT2D eigenvalue weighted by molar-refractivity contribution is 5.69. The Hall–Kier alpha value is -0.810. The van der Waals surface area contributed by atoms with Crippen LogP contribution in [0, 0.1) is 0 Å². The quantitative estimate of drug-likeness (QED) is 0.734. The summed E-state index contributed by atoms with van der Waals surface area (Å²) in [5.41, 5.74) is -0.710. The van der Waals surface area contributed by atoms with Crippen molar-refractivity contribution < 1.29 is 14.6 Å². The molecule has 1 amide bonds. The zero-order valence-electron chi connectivity index (χ0n) is 11.1. The Bertz CT molecular complexity index is 326. The number of likely N-dealkylation sites (N-methyl/N-ethyl adjacent to an activating group) is 1. The fraction of sp³-hybridized carbons (Fsp3) is 0.917. The minimum atomic E-state index is -0.461. The van der Waals surface area contributed by atoms with Gasteiger partial charge in [-0.05, 0) is 34.2 Å². The van der Waals surface area contributed by atoms with Crippen LogP contribution in [-0.4, -0.2) is 64.9 Å². The predicted molar refractivity (Wildman–Crippen MR) is 63.8 cm³/mol. The Morgan fingerprint density at radius 3 is 2.65 bits per heavy atom. The Morgan fingerprint density at radius 2 is 2.18 bits per heavy atom. The van der Waals surface area contributed by atoms with Crippen LogP contribution in [0.1, 0.15) is 27.2 Å². The van der Waals surface area contributed by atoms with Crippen molar-refractivity contribution in [2.24, 2.45) is 0 Å². The summed E-state index contributed by atoms with van der Waals surface area (Å²) in [5.74, 6) is 0. The van der Waals surface area contributed by atoms with Crippen molar-refractivity contribution in [2.45, 2.75) is 44.4 Å². The number of carbonyl (C=O) groups is 1. The summed E-state index contributed by atoms with van der Waals surface area (Å²) in [6, 6.07) is 0.182. The van der Waals surface area contributed by atoms with Crippen LogP contribution in [0.4, 0.5) is 4.79 Å². The van der Waals surface area contributed by atoms with E-state index in [0.29, 0.717) is 6.54 Å². The van der Waals surface area contributed by atoms with Crippen LogP contribution in [0.3, 0.4) is 0 Å². The third-order valence-electron chi connectivity index (χ3n) is 3.74. The average Bonchev–Trinajstić information content (AvgIpc) is 2.69. The molecule has 0 spiro atoms. The summed E-state index contributed by atoms with van der Waals surface area (Å²) in [4.78, 5) is 15.9. The van der Waals surface area contributed by atoms with Crippen molar-refractivity contribution >= 4 is 6.09 Å². The van der Waals surface area contributed by atoms with E-state index in [1.54, 1.807) is 4.90 Å². The number of nitrogens with zero attached hydrogens (tertiary/aromatic N) is 2. The van der Waals surface area contributed by atoms with Crippen molar-refractivity contribution in [2.75, 3.05) is 26.7 Å². The minimum absolute atomic E-state index is 0.0965. The zero-order valence-corrected chi connectivity index (χ0v) is 11.1. The standard InChI is InChI=1S/C12H22N2O3/c1-11(2,3)17-10(16)14-7-12(8-15)5-9(14)6-13(12)4/h9,15H,5-8H2,1-4H3/t9-,12-/m0/s1. The molecule has 0 aromatic rings. The lowest BCUT2D eigenvalue weighted by molar-refractivity contribution is -0.000792. The third-order valence-corrected chi connectivity index (χ3v) is 3.74. The number of aliphatic hydroxyl groups is 1. The number of fused-ring (bicyclic) bond motifs is 2. The molecule has 2 aliphatic heterocycles. The van der Waals surface area contributed by atoms with E-state index in [0.717, 1.165) is 13.0 Å². The lowest BCUT2D eigenvalue weighted by Crippen LogP contribution is -2.56. The first kappa shape index (κ1) is 12.6. The van der Waals surface area contributed by atoms with E-state index in [1.165, 1.54) is 0 Å². The predicted octanol–water partition coefficient (Wildman–Crippen LogP) is 0.672. The van der Waals surface area contributed by atoms with Gasteiger partial charge < -0.3 is 14.7 Å². The Labute approximate surface area is 102 Å². The molecular formula is C12H22N2O3. The topological polar surface area (TPSA) is 53.0 Å². The van der Waals surface area contributed by atoms with Gasteiger partial charge >= 0.3 is 6.09 Å². The first-order chi connectivity index (χ1) is 7.77. The molecule has 2 bridgehead atoms. The highest BCUT2D eigenvalue weighted by Crippen LogP contribution is 2.39. The molecule has 0 unspecified atom stereocenters. The van der Waals surface area contributed by atoms with E-state index >= 15 is 0 Å². The van der Waals surface area contributed by atoms with Crippen LogP contribution in [-0.2, 0) is 4.74 Å². The summed E-state index contributed by atoms with van der Waals surface area (Å²) in [7, 11) is 2.00. The first-order valence-corrected chi connectivity index (χ1v) is 6.09. The maximum absolute atomic E-state index is 12.0. The van der Waals surface area contributed by atoms with E-state index in [4.69, 9.17) is 4.74 Å². The molecule has 98 valence electrons. The van der Waals surface area contributed by atoms with Gasteiger partial charge in [-0.3, -0.25) is 4.90 Å². The van der Waals surface area contributed by atoms with Gasteiger partial charge in [0.25, 0.3) is 0 Å². The molecule has 17 heavy (non-hydrogen) atoms. The summed E-state index contributed by atoms with van der Waals surface area (Å²) < 4.78 is 5.39. The lowest BCUT2D eigenvalue weighted by Gasteiger charge is -2.39. The maximum Gasteiger partial charge on any atom is 0.410 e. The molecule has 2 heterocycles. The van der Waals surface area contributed by atoms with Crippen LogP contribution in [0.15, 0.2) is 0 Å². The van der Waals surface area contributed by atoms with E-state index < -0.39 is 5.60 Å². The van der Waals surface area contributed by atoms with Crippen LogP contribution >= 0.6 is 0 Å². The second-order valence-electron chi connectivity index (χ2n) is 6.23. The number of ether oxygens (including phenoxy) is 1. The van der Waals surface area contributed by atoms with Gasteiger partial charge in [0.2, 0.25) is 0 Å². The zero-order chi connectivity index (χ0) is 12.8. The Balaban J connectivity index is 2.05. The van der Waals surface area contributed by atoms with Crippen molar-refractivity contribution in [1.82, 2.24) is 9.80 Å². The van der Waals surface area contributed by atoms with Gasteiger partial charge in [0.05, 0.1) is 12.1 Å². The Kier molecular flexibility index (Phi) is 2.86. The summed E-state index contributed by atoms with van der Waals surface area (Å²) in [6.45, 7) is 7.09. The molecule has 2 saturated heterocycles. The molecule has 2 aliphatic rings. The molecule has 1 N–H and O–H groups in total. The molecular weight excluding hydrogens is 220 g/mol. The van der Waals surface area contributed by atoms with Crippen LogP contribution in [0.5, 0.6) is 0 Å². The molecule has 0 aromatic carbocycles. The van der Waals surface area contributed by atoms with Gasteiger partial charge in [-0.15, -0.1) is 0 Å². The molecule has 0 aliphatic carbocycles. The van der Waals surface area contributed by atoms with Gasteiger partial charge in [0.1, 0.15) is 5.60 Å². The molecule has 2 fully saturated rings. The number of hydrogen-bond donors (Lipinski definition) is 1. The molecule has 5 heteroatoms. The van der Waals surface area contributed by atoms with Crippen LogP contribution in [0.2, 0.25) is 0 Å². The van der Waals surface area contributed by atoms with Crippen molar-refractivity contribution in [3.8, 4) is 0 Å². The molecule has 5 nitrogen and oxygen atoms in total. The largest absolute Gasteiger partial charge is 0.444 e. The van der Waals surface area contributed by atoms with Gasteiger partial charge in [-0.1, -0.05) is 0 Å². The van der Waals surface area contributed by atoms with E-state index in [9.17, 15) is 9.90 Å². The third kappa shape index (κ3) is 2.13. The Morgan fingerprint density at radius 1 is 1.53 bits per heavy atom. The molecule has 0 aromatic heterocycles. The van der Waals surface area contributed by atoms with E-state index in [-0.39, 0.29) is 24.3 Å². The SMILES string of the molecule is CN1C[C@@H]2C[C@@]1(CO)CN2C(=O)OC(C)(C)C. The highest BCUT2D eigenvalue weighted by Gasteiger charge is 2.54. The minimum Gasteiger partial charge on any atom is -0.444 e. The van der Waals surface area contributed by atoms with Gasteiger partial charge in [-0.2, -0.15) is 0 Å². The lowest BCUT2D eigenvalue weighted by atomic mass is 10.0. The fourth-order valence-corrected chi connectivity index (χ4v) is 2.78. The maximum atomic E-state index is 12.0. The fourth-order valence-electron chi connectivity index (χ4n) is 2.78. The molecule has 2 rings (SSSR count). The van der Waals surface area contributed by atoms with Gasteiger partial charge in [0, 0.05) is 19.1 Å². The van der Waals surface area contributed by atoms with Crippen molar-refractivity contribution in [1.29, 1.82) is 0 Å². The first-order valence-electron chi connectivity index (χ1n) is 6.09. The monoisotopic (exact) mass is 242 g/mol. The van der Waals surface area contributed by atoms with Crippen molar-refractivity contribution in [3.05, 3.63) is 0 Å². The number of aliphatic hydroxyl groups excluding tert-OH is 1.